The van der Waals surface area contributed by atoms with Crippen molar-refractivity contribution in [3.05, 3.63) is 48.3 Å². The Balaban J connectivity index is 2.42. The summed E-state index contributed by atoms with van der Waals surface area (Å²) in [6.07, 6.45) is 0. The van der Waals surface area contributed by atoms with Gasteiger partial charge in [0, 0.05) is 9.79 Å². The molecule has 0 aromatic heterocycles. The molecule has 19 heavy (non-hydrogen) atoms. The minimum atomic E-state index is -3.87. The van der Waals surface area contributed by atoms with Crippen molar-refractivity contribution in [1.29, 1.82) is 0 Å². The van der Waals surface area contributed by atoms with Gasteiger partial charge in [-0.2, -0.15) is 0 Å². The molecule has 0 atom stereocenters. The van der Waals surface area contributed by atoms with Crippen LogP contribution in [0.4, 0.5) is 10.1 Å². The largest absolute Gasteiger partial charge is 0.397 e. The summed E-state index contributed by atoms with van der Waals surface area (Å²) in [7, 11) is -3.87. The first-order valence-electron chi connectivity index (χ1n) is 5.22. The first kappa shape index (κ1) is 13.9. The Bertz CT molecular complexity index is 717. The van der Waals surface area contributed by atoms with Crippen LogP contribution in [0.3, 0.4) is 0 Å². The summed E-state index contributed by atoms with van der Waals surface area (Å²) >= 11 is 1.17. The van der Waals surface area contributed by atoms with Gasteiger partial charge in [-0.1, -0.05) is 23.9 Å². The van der Waals surface area contributed by atoms with Gasteiger partial charge >= 0.3 is 0 Å². The molecule has 0 saturated heterocycles. The zero-order valence-corrected chi connectivity index (χ0v) is 11.3. The van der Waals surface area contributed by atoms with Gasteiger partial charge in [-0.3, -0.25) is 0 Å². The minimum absolute atomic E-state index is 0.0688. The van der Waals surface area contributed by atoms with E-state index in [1.165, 1.54) is 36.0 Å². The second-order valence-electron chi connectivity index (χ2n) is 3.77. The molecule has 0 radical (unpaired) electrons. The number of primary sulfonamides is 1. The molecule has 2 aromatic rings. The summed E-state index contributed by atoms with van der Waals surface area (Å²) < 4.78 is 35.8. The van der Waals surface area contributed by atoms with Crippen LogP contribution < -0.4 is 10.9 Å². The van der Waals surface area contributed by atoms with Gasteiger partial charge in [0.15, 0.2) is 0 Å². The van der Waals surface area contributed by atoms with Crippen LogP contribution in [0.5, 0.6) is 0 Å². The van der Waals surface area contributed by atoms with E-state index in [0.717, 1.165) is 0 Å². The lowest BCUT2D eigenvalue weighted by atomic mass is 10.3. The van der Waals surface area contributed by atoms with Gasteiger partial charge in [0.25, 0.3) is 0 Å². The van der Waals surface area contributed by atoms with Crippen molar-refractivity contribution in [3.63, 3.8) is 0 Å². The summed E-state index contributed by atoms with van der Waals surface area (Å²) in [5, 5.41) is 5.07. The topological polar surface area (TPSA) is 86.2 Å². The predicted octanol–water partition coefficient (Wildman–Crippen LogP) is 2.21. The van der Waals surface area contributed by atoms with E-state index in [1.807, 2.05) is 0 Å². The number of sulfonamides is 1. The van der Waals surface area contributed by atoms with E-state index in [2.05, 4.69) is 0 Å². The van der Waals surface area contributed by atoms with Crippen molar-refractivity contribution in [2.45, 2.75) is 14.7 Å². The van der Waals surface area contributed by atoms with Crippen molar-refractivity contribution in [2.75, 3.05) is 5.73 Å². The Hall–Kier alpha value is -1.57. The van der Waals surface area contributed by atoms with E-state index in [0.29, 0.717) is 9.79 Å². The van der Waals surface area contributed by atoms with Crippen LogP contribution in [-0.2, 0) is 10.0 Å². The highest BCUT2D eigenvalue weighted by molar-refractivity contribution is 7.99. The molecule has 0 unspecified atom stereocenters. The summed E-state index contributed by atoms with van der Waals surface area (Å²) in [4.78, 5) is 1.00. The molecule has 0 saturated carbocycles. The van der Waals surface area contributed by atoms with Crippen molar-refractivity contribution in [3.8, 4) is 0 Å². The maximum Gasteiger partial charge on any atom is 0.240 e. The molecule has 100 valence electrons. The average molecular weight is 298 g/mol. The average Bonchev–Trinajstić information content (AvgIpc) is 2.30. The lowest BCUT2D eigenvalue weighted by Crippen LogP contribution is -2.14. The lowest BCUT2D eigenvalue weighted by molar-refractivity contribution is 0.598. The van der Waals surface area contributed by atoms with Gasteiger partial charge in [0.05, 0.1) is 5.69 Å². The maximum absolute atomic E-state index is 13.1. The molecular formula is C12H11FN2O2S2. The molecule has 4 N–H and O–H groups in total. The third-order valence-electron chi connectivity index (χ3n) is 2.36. The molecule has 0 amide bonds. The lowest BCUT2D eigenvalue weighted by Gasteiger charge is -2.09. The summed E-state index contributed by atoms with van der Waals surface area (Å²) in [6, 6.07) is 10.5. The van der Waals surface area contributed by atoms with Crippen molar-refractivity contribution in [2.24, 2.45) is 5.14 Å². The molecule has 7 heteroatoms. The quantitative estimate of drug-likeness (QED) is 0.851. The standard InChI is InChI=1S/C12H11FN2O2S2/c13-8-3-1-4-9(7-8)18-10-5-2-6-11(12(10)14)19(15,16)17/h1-7H,14H2,(H2,15,16,17). The first-order chi connectivity index (χ1) is 8.88. The molecule has 2 aromatic carbocycles. The number of nitrogens with two attached hydrogens (primary N) is 2. The van der Waals surface area contributed by atoms with Gasteiger partial charge in [-0.25, -0.2) is 17.9 Å². The number of halogens is 1. The van der Waals surface area contributed by atoms with Crippen LogP contribution in [-0.4, -0.2) is 8.42 Å². The maximum atomic E-state index is 13.1. The summed E-state index contributed by atoms with van der Waals surface area (Å²) in [5.74, 6) is -0.369. The Kier molecular flexibility index (Phi) is 3.79. The van der Waals surface area contributed by atoms with E-state index in [4.69, 9.17) is 10.9 Å². The Morgan fingerprint density at radius 1 is 1.11 bits per heavy atom. The number of benzene rings is 2. The zero-order chi connectivity index (χ0) is 14.0. The molecule has 0 aliphatic heterocycles. The van der Waals surface area contributed by atoms with E-state index in [1.54, 1.807) is 18.2 Å². The fourth-order valence-electron chi connectivity index (χ4n) is 1.52. The molecule has 0 aliphatic carbocycles. The van der Waals surface area contributed by atoms with E-state index in [9.17, 15) is 12.8 Å². The fourth-order valence-corrected chi connectivity index (χ4v) is 3.21. The number of rotatable bonds is 3. The van der Waals surface area contributed by atoms with E-state index in [-0.39, 0.29) is 16.4 Å². The molecule has 0 bridgehead atoms. The molecule has 4 nitrogen and oxygen atoms in total. The highest BCUT2D eigenvalue weighted by atomic mass is 32.2. The van der Waals surface area contributed by atoms with Gasteiger partial charge in [0.1, 0.15) is 10.7 Å². The molecule has 0 spiro atoms. The normalized spacial score (nSPS) is 11.5. The zero-order valence-electron chi connectivity index (χ0n) is 9.71. The van der Waals surface area contributed by atoms with Crippen LogP contribution in [0.25, 0.3) is 0 Å². The van der Waals surface area contributed by atoms with Crippen LogP contribution in [0.2, 0.25) is 0 Å². The smallest absolute Gasteiger partial charge is 0.240 e. The molecule has 0 fully saturated rings. The molecule has 2 rings (SSSR count). The van der Waals surface area contributed by atoms with E-state index >= 15 is 0 Å². The monoisotopic (exact) mass is 298 g/mol. The third-order valence-corrected chi connectivity index (χ3v) is 4.39. The first-order valence-corrected chi connectivity index (χ1v) is 7.59. The van der Waals surface area contributed by atoms with Crippen LogP contribution in [0.1, 0.15) is 0 Å². The summed E-state index contributed by atoms with van der Waals surface area (Å²) in [6.45, 7) is 0. The SMILES string of the molecule is Nc1c(Sc2cccc(F)c2)cccc1S(N)(=O)=O. The van der Waals surface area contributed by atoms with Gasteiger partial charge in [-0.05, 0) is 30.3 Å². The number of nitrogen functional groups attached to an aromatic ring is 1. The molecule has 0 heterocycles. The number of hydrogen-bond donors (Lipinski definition) is 2. The van der Waals surface area contributed by atoms with Gasteiger partial charge < -0.3 is 5.73 Å². The van der Waals surface area contributed by atoms with Crippen LogP contribution in [0.15, 0.2) is 57.2 Å². The van der Waals surface area contributed by atoms with E-state index < -0.39 is 10.0 Å². The second kappa shape index (κ2) is 5.20. The predicted molar refractivity (Wildman–Crippen MR) is 72.8 cm³/mol. The fraction of sp³-hybridized carbons (Fsp3) is 0. The Morgan fingerprint density at radius 3 is 2.42 bits per heavy atom. The minimum Gasteiger partial charge on any atom is -0.397 e. The Morgan fingerprint density at radius 2 is 1.79 bits per heavy atom. The van der Waals surface area contributed by atoms with Crippen LogP contribution in [0, 0.1) is 5.82 Å². The number of anilines is 1. The summed E-state index contributed by atoms with van der Waals surface area (Å²) in [5.41, 5.74) is 5.85. The Labute approximate surface area is 114 Å². The number of hydrogen-bond acceptors (Lipinski definition) is 4. The van der Waals surface area contributed by atoms with Crippen molar-refractivity contribution >= 4 is 27.5 Å². The van der Waals surface area contributed by atoms with Gasteiger partial charge in [-0.15, -0.1) is 0 Å². The molecular weight excluding hydrogens is 287 g/mol. The third kappa shape index (κ3) is 3.25. The van der Waals surface area contributed by atoms with Gasteiger partial charge in [0.2, 0.25) is 10.0 Å². The second-order valence-corrected chi connectivity index (χ2v) is 6.42. The van der Waals surface area contributed by atoms with Crippen molar-refractivity contribution in [1.82, 2.24) is 0 Å². The highest BCUT2D eigenvalue weighted by Crippen LogP contribution is 2.35. The molecule has 0 aliphatic rings. The highest BCUT2D eigenvalue weighted by Gasteiger charge is 2.15. The number of para-hydroxylation sites is 1. The van der Waals surface area contributed by atoms with Crippen LogP contribution >= 0.6 is 11.8 Å². The van der Waals surface area contributed by atoms with Crippen molar-refractivity contribution < 1.29 is 12.8 Å².